The van der Waals surface area contributed by atoms with Gasteiger partial charge >= 0.3 is 5.97 Å². The lowest BCUT2D eigenvalue weighted by Gasteiger charge is -2.15. The maximum atomic E-state index is 12.2. The van der Waals surface area contributed by atoms with E-state index in [-0.39, 0.29) is 5.91 Å². The van der Waals surface area contributed by atoms with Crippen molar-refractivity contribution in [1.82, 2.24) is 4.98 Å². The van der Waals surface area contributed by atoms with Gasteiger partial charge in [-0.05, 0) is 30.9 Å². The Kier molecular flexibility index (Phi) is 4.60. The number of carbonyl (C=O) groups is 2. The highest BCUT2D eigenvalue weighted by Gasteiger charge is 2.42. The first-order valence-electron chi connectivity index (χ1n) is 6.66. The summed E-state index contributed by atoms with van der Waals surface area (Å²) in [5.41, 5.74) is 0.531. The molecule has 2 N–H and O–H groups in total. The fourth-order valence-electron chi connectivity index (χ4n) is 2.72. The summed E-state index contributed by atoms with van der Waals surface area (Å²) in [4.78, 5) is 27.4. The molecule has 1 saturated carbocycles. The van der Waals surface area contributed by atoms with Crippen LogP contribution in [-0.4, -0.2) is 22.0 Å². The minimum Gasteiger partial charge on any atom is -0.481 e. The van der Waals surface area contributed by atoms with Crippen molar-refractivity contribution in [2.75, 3.05) is 5.32 Å². The number of pyridine rings is 1. The highest BCUT2D eigenvalue weighted by Crippen LogP contribution is 2.39. The molecular formula is C14H17ClN2O3. The van der Waals surface area contributed by atoms with Gasteiger partial charge in [-0.25, -0.2) is 4.98 Å². The Labute approximate surface area is 122 Å². The number of anilines is 1. The van der Waals surface area contributed by atoms with Crippen molar-refractivity contribution >= 4 is 29.2 Å². The van der Waals surface area contributed by atoms with Gasteiger partial charge < -0.3 is 10.4 Å². The zero-order chi connectivity index (χ0) is 14.7. The van der Waals surface area contributed by atoms with Crippen LogP contribution in [0.4, 0.5) is 5.69 Å². The maximum absolute atomic E-state index is 12.2. The SMILES string of the molecule is CCC1CC(C(=O)O)C(C(=O)Nc2ccc(Cl)nc2)C1. The molecule has 0 saturated heterocycles. The zero-order valence-corrected chi connectivity index (χ0v) is 11.9. The van der Waals surface area contributed by atoms with Gasteiger partial charge in [0.15, 0.2) is 0 Å². The van der Waals surface area contributed by atoms with E-state index in [1.165, 1.54) is 6.20 Å². The average Bonchev–Trinajstić information content (AvgIpc) is 2.86. The number of rotatable bonds is 4. The molecule has 5 nitrogen and oxygen atoms in total. The van der Waals surface area contributed by atoms with Gasteiger partial charge in [0.2, 0.25) is 5.91 Å². The molecule has 6 heteroatoms. The molecular weight excluding hydrogens is 280 g/mol. The lowest BCUT2D eigenvalue weighted by atomic mass is 9.95. The third kappa shape index (κ3) is 3.28. The standard InChI is InChI=1S/C14H17ClN2O3/c1-2-8-5-10(11(6-8)14(19)20)13(18)17-9-3-4-12(15)16-7-9/h3-4,7-8,10-11H,2,5-6H2,1H3,(H,17,18)(H,19,20). The Bertz CT molecular complexity index is 504. The van der Waals surface area contributed by atoms with Crippen LogP contribution in [0.3, 0.4) is 0 Å². The van der Waals surface area contributed by atoms with Gasteiger partial charge in [0, 0.05) is 0 Å². The largest absolute Gasteiger partial charge is 0.481 e. The summed E-state index contributed by atoms with van der Waals surface area (Å²) in [5.74, 6) is -1.92. The fourth-order valence-corrected chi connectivity index (χ4v) is 2.84. The molecule has 1 fully saturated rings. The van der Waals surface area contributed by atoms with Gasteiger partial charge in [0.05, 0.1) is 23.7 Å². The molecule has 1 aliphatic rings. The van der Waals surface area contributed by atoms with Gasteiger partial charge in [0.25, 0.3) is 0 Å². The summed E-state index contributed by atoms with van der Waals surface area (Å²) in [7, 11) is 0. The molecule has 20 heavy (non-hydrogen) atoms. The normalized spacial score (nSPS) is 25.4. The Hall–Kier alpha value is -1.62. The van der Waals surface area contributed by atoms with Crippen molar-refractivity contribution in [3.63, 3.8) is 0 Å². The molecule has 1 aromatic heterocycles. The van der Waals surface area contributed by atoms with E-state index < -0.39 is 17.8 Å². The third-order valence-corrected chi connectivity index (χ3v) is 4.11. The summed E-state index contributed by atoms with van der Waals surface area (Å²) in [6.45, 7) is 2.02. The molecule has 1 amide bonds. The molecule has 0 aliphatic heterocycles. The minimum atomic E-state index is -0.893. The zero-order valence-electron chi connectivity index (χ0n) is 11.2. The number of nitrogens with one attached hydrogen (secondary N) is 1. The quantitative estimate of drug-likeness (QED) is 0.837. The first-order valence-corrected chi connectivity index (χ1v) is 7.04. The van der Waals surface area contributed by atoms with E-state index in [1.807, 2.05) is 6.92 Å². The maximum Gasteiger partial charge on any atom is 0.307 e. The Morgan fingerprint density at radius 1 is 1.40 bits per heavy atom. The average molecular weight is 297 g/mol. The van der Waals surface area contributed by atoms with E-state index in [9.17, 15) is 14.7 Å². The van der Waals surface area contributed by atoms with Crippen LogP contribution in [0.15, 0.2) is 18.3 Å². The number of halogens is 1. The van der Waals surface area contributed by atoms with Crippen LogP contribution in [-0.2, 0) is 9.59 Å². The monoisotopic (exact) mass is 296 g/mol. The number of carbonyl (C=O) groups excluding carboxylic acids is 1. The Morgan fingerprint density at radius 2 is 2.10 bits per heavy atom. The minimum absolute atomic E-state index is 0.252. The van der Waals surface area contributed by atoms with E-state index in [0.29, 0.717) is 29.6 Å². The summed E-state index contributed by atoms with van der Waals surface area (Å²) in [5, 5.41) is 12.3. The molecule has 3 atom stereocenters. The topological polar surface area (TPSA) is 79.3 Å². The molecule has 0 bridgehead atoms. The number of aliphatic carboxylic acids is 1. The second-order valence-electron chi connectivity index (χ2n) is 5.16. The lowest BCUT2D eigenvalue weighted by Crippen LogP contribution is -2.30. The molecule has 0 radical (unpaired) electrons. The Morgan fingerprint density at radius 3 is 2.65 bits per heavy atom. The van der Waals surface area contributed by atoms with Crippen molar-refractivity contribution < 1.29 is 14.7 Å². The van der Waals surface area contributed by atoms with Crippen molar-refractivity contribution in [1.29, 1.82) is 0 Å². The predicted octanol–water partition coefficient (Wildman–Crippen LogP) is 2.81. The number of hydrogen-bond acceptors (Lipinski definition) is 3. The number of aromatic nitrogens is 1. The van der Waals surface area contributed by atoms with Crippen LogP contribution in [0.5, 0.6) is 0 Å². The van der Waals surface area contributed by atoms with Crippen molar-refractivity contribution in [3.8, 4) is 0 Å². The van der Waals surface area contributed by atoms with Crippen LogP contribution < -0.4 is 5.32 Å². The molecule has 0 spiro atoms. The van der Waals surface area contributed by atoms with E-state index in [2.05, 4.69) is 10.3 Å². The predicted molar refractivity (Wildman–Crippen MR) is 75.5 cm³/mol. The molecule has 2 rings (SSSR count). The van der Waals surface area contributed by atoms with Crippen LogP contribution in [0.2, 0.25) is 5.15 Å². The highest BCUT2D eigenvalue weighted by atomic mass is 35.5. The van der Waals surface area contributed by atoms with Crippen LogP contribution >= 0.6 is 11.6 Å². The van der Waals surface area contributed by atoms with E-state index in [1.54, 1.807) is 12.1 Å². The van der Waals surface area contributed by atoms with Gasteiger partial charge in [-0.2, -0.15) is 0 Å². The number of amides is 1. The van der Waals surface area contributed by atoms with E-state index in [4.69, 9.17) is 11.6 Å². The van der Waals surface area contributed by atoms with E-state index >= 15 is 0 Å². The Balaban J connectivity index is 2.07. The smallest absolute Gasteiger partial charge is 0.307 e. The second-order valence-corrected chi connectivity index (χ2v) is 5.54. The highest BCUT2D eigenvalue weighted by molar-refractivity contribution is 6.29. The van der Waals surface area contributed by atoms with Gasteiger partial charge in [-0.15, -0.1) is 0 Å². The third-order valence-electron chi connectivity index (χ3n) is 3.89. The van der Waals surface area contributed by atoms with Crippen LogP contribution in [0.1, 0.15) is 26.2 Å². The molecule has 0 aromatic carbocycles. The van der Waals surface area contributed by atoms with Crippen molar-refractivity contribution in [2.45, 2.75) is 26.2 Å². The van der Waals surface area contributed by atoms with Crippen LogP contribution in [0.25, 0.3) is 0 Å². The number of hydrogen-bond donors (Lipinski definition) is 2. The molecule has 1 aliphatic carbocycles. The van der Waals surface area contributed by atoms with Gasteiger partial charge in [0.1, 0.15) is 5.15 Å². The van der Waals surface area contributed by atoms with E-state index in [0.717, 1.165) is 6.42 Å². The molecule has 1 aromatic rings. The van der Waals surface area contributed by atoms with Crippen molar-refractivity contribution in [3.05, 3.63) is 23.5 Å². The summed E-state index contributed by atoms with van der Waals surface area (Å²) in [6, 6.07) is 3.23. The van der Waals surface area contributed by atoms with Gasteiger partial charge in [-0.1, -0.05) is 24.9 Å². The first kappa shape index (κ1) is 14.8. The summed E-state index contributed by atoms with van der Waals surface area (Å²) in [6.07, 6.45) is 3.56. The number of carboxylic acid groups (broad SMARTS) is 1. The second kappa shape index (κ2) is 6.22. The number of carboxylic acids is 1. The van der Waals surface area contributed by atoms with Crippen molar-refractivity contribution in [2.24, 2.45) is 17.8 Å². The molecule has 108 valence electrons. The molecule has 3 unspecified atom stereocenters. The van der Waals surface area contributed by atoms with Crippen LogP contribution in [0, 0.1) is 17.8 Å². The number of nitrogens with zero attached hydrogens (tertiary/aromatic N) is 1. The summed E-state index contributed by atoms with van der Waals surface area (Å²) >= 11 is 5.68. The first-order chi connectivity index (χ1) is 9.51. The summed E-state index contributed by atoms with van der Waals surface area (Å²) < 4.78 is 0. The molecule has 1 heterocycles. The van der Waals surface area contributed by atoms with Gasteiger partial charge in [-0.3, -0.25) is 9.59 Å². The lowest BCUT2D eigenvalue weighted by molar-refractivity contribution is -0.145. The fraction of sp³-hybridized carbons (Fsp3) is 0.500.